The van der Waals surface area contributed by atoms with Crippen LogP contribution in [0.2, 0.25) is 0 Å². The molecule has 0 unspecified atom stereocenters. The van der Waals surface area contributed by atoms with Crippen LogP contribution in [0.1, 0.15) is 17.7 Å². The summed E-state index contributed by atoms with van der Waals surface area (Å²) in [5, 5.41) is 7.92. The highest BCUT2D eigenvalue weighted by molar-refractivity contribution is 5.77. The molecule has 3 rings (SSSR count). The second-order valence-electron chi connectivity index (χ2n) is 6.14. The van der Waals surface area contributed by atoms with E-state index in [2.05, 4.69) is 22.8 Å². The molecule has 1 heterocycles. The molecular weight excluding hydrogens is 331 g/mol. The highest BCUT2D eigenvalue weighted by Gasteiger charge is 2.02. The summed E-state index contributed by atoms with van der Waals surface area (Å²) in [6.45, 7) is 3.34. The molecule has 0 bridgehead atoms. The smallest absolute Gasteiger partial charge is 0.134 e. The van der Waals surface area contributed by atoms with Gasteiger partial charge in [0, 0.05) is 31.4 Å². The van der Waals surface area contributed by atoms with Crippen molar-refractivity contribution in [2.45, 2.75) is 19.5 Å². The molecule has 1 aromatic heterocycles. The van der Waals surface area contributed by atoms with Crippen molar-refractivity contribution >= 4 is 11.0 Å². The Hall–Kier alpha value is -2.37. The normalized spacial score (nSPS) is 11.1. The molecule has 0 atom stereocenters. The number of nitrogens with one attached hydrogen (secondary N) is 2. The van der Waals surface area contributed by atoms with E-state index < -0.39 is 0 Å². The van der Waals surface area contributed by atoms with E-state index in [1.54, 1.807) is 0 Å². The van der Waals surface area contributed by atoms with E-state index in [4.69, 9.17) is 9.15 Å². The maximum Gasteiger partial charge on any atom is 0.134 e. The zero-order valence-electron chi connectivity index (χ0n) is 14.8. The Kier molecular flexibility index (Phi) is 7.05. The first-order valence-electron chi connectivity index (χ1n) is 9.02. The van der Waals surface area contributed by atoms with Crippen molar-refractivity contribution in [2.24, 2.45) is 0 Å². The van der Waals surface area contributed by atoms with Crippen molar-refractivity contribution < 1.29 is 13.5 Å². The van der Waals surface area contributed by atoms with Gasteiger partial charge in [0.1, 0.15) is 17.1 Å². The molecule has 0 radical (unpaired) electrons. The minimum absolute atomic E-state index is 0.341. The van der Waals surface area contributed by atoms with Crippen molar-refractivity contribution in [2.75, 3.05) is 26.4 Å². The number of benzene rings is 2. The zero-order chi connectivity index (χ0) is 18.0. The van der Waals surface area contributed by atoms with Crippen LogP contribution in [0.5, 0.6) is 5.75 Å². The van der Waals surface area contributed by atoms with E-state index in [0.717, 1.165) is 48.7 Å². The lowest BCUT2D eigenvalue weighted by atomic mass is 10.2. The summed E-state index contributed by atoms with van der Waals surface area (Å²) in [6, 6.07) is 18.0. The number of rotatable bonds is 11. The third-order valence-corrected chi connectivity index (χ3v) is 4.05. The van der Waals surface area contributed by atoms with Crippen molar-refractivity contribution in [3.05, 3.63) is 65.9 Å². The fraction of sp³-hybridized carbons (Fsp3) is 0.333. The van der Waals surface area contributed by atoms with Crippen LogP contribution in [0.4, 0.5) is 4.39 Å². The molecule has 2 aromatic carbocycles. The lowest BCUT2D eigenvalue weighted by molar-refractivity contribution is 0.289. The van der Waals surface area contributed by atoms with Crippen LogP contribution in [-0.2, 0) is 13.1 Å². The summed E-state index contributed by atoms with van der Waals surface area (Å²) in [5.74, 6) is 1.74. The van der Waals surface area contributed by atoms with Crippen molar-refractivity contribution in [1.29, 1.82) is 0 Å². The molecule has 2 N–H and O–H groups in total. The van der Waals surface area contributed by atoms with Gasteiger partial charge in [0.05, 0.1) is 19.8 Å². The maximum atomic E-state index is 12.0. The SMILES string of the molecule is FCCCOc1ccc(CNCCNCc2cc3ccccc3o2)cc1. The van der Waals surface area contributed by atoms with Gasteiger partial charge >= 0.3 is 0 Å². The number of alkyl halides is 1. The van der Waals surface area contributed by atoms with Gasteiger partial charge in [-0.05, 0) is 29.8 Å². The molecule has 0 aliphatic heterocycles. The van der Waals surface area contributed by atoms with Crippen LogP contribution in [0.15, 0.2) is 59.0 Å². The summed E-state index contributed by atoms with van der Waals surface area (Å²) in [7, 11) is 0. The number of hydrogen-bond acceptors (Lipinski definition) is 4. The predicted molar refractivity (Wildman–Crippen MR) is 102 cm³/mol. The first-order valence-corrected chi connectivity index (χ1v) is 9.02. The molecule has 0 amide bonds. The monoisotopic (exact) mass is 356 g/mol. The molecule has 3 aromatic rings. The van der Waals surface area contributed by atoms with E-state index in [-0.39, 0.29) is 6.67 Å². The van der Waals surface area contributed by atoms with Crippen LogP contribution in [0.25, 0.3) is 11.0 Å². The minimum Gasteiger partial charge on any atom is -0.494 e. The van der Waals surface area contributed by atoms with Crippen LogP contribution in [0, 0.1) is 0 Å². The molecule has 0 aliphatic carbocycles. The number of hydrogen-bond donors (Lipinski definition) is 2. The van der Waals surface area contributed by atoms with Crippen LogP contribution in [-0.4, -0.2) is 26.4 Å². The molecule has 0 spiro atoms. The largest absolute Gasteiger partial charge is 0.494 e. The van der Waals surface area contributed by atoms with E-state index in [1.165, 1.54) is 5.56 Å². The average molecular weight is 356 g/mol. The molecule has 0 saturated heterocycles. The highest BCUT2D eigenvalue weighted by Crippen LogP contribution is 2.18. The van der Waals surface area contributed by atoms with E-state index in [0.29, 0.717) is 13.0 Å². The Morgan fingerprint density at radius 1 is 0.923 bits per heavy atom. The third-order valence-electron chi connectivity index (χ3n) is 4.05. The third kappa shape index (κ3) is 5.58. The van der Waals surface area contributed by atoms with Crippen LogP contribution in [0.3, 0.4) is 0 Å². The molecule has 138 valence electrons. The van der Waals surface area contributed by atoms with Gasteiger partial charge in [0.2, 0.25) is 0 Å². The summed E-state index contributed by atoms with van der Waals surface area (Å²) >= 11 is 0. The van der Waals surface area contributed by atoms with Gasteiger partial charge < -0.3 is 19.8 Å². The number of halogens is 1. The van der Waals surface area contributed by atoms with Gasteiger partial charge in [0.15, 0.2) is 0 Å². The molecule has 26 heavy (non-hydrogen) atoms. The summed E-state index contributed by atoms with van der Waals surface area (Å²) in [4.78, 5) is 0. The second-order valence-corrected chi connectivity index (χ2v) is 6.14. The molecule has 0 aliphatic rings. The average Bonchev–Trinajstić information content (AvgIpc) is 3.09. The summed E-state index contributed by atoms with van der Waals surface area (Å²) in [5.41, 5.74) is 2.12. The molecule has 0 saturated carbocycles. The van der Waals surface area contributed by atoms with Crippen molar-refractivity contribution in [1.82, 2.24) is 10.6 Å². The zero-order valence-corrected chi connectivity index (χ0v) is 14.8. The highest BCUT2D eigenvalue weighted by atomic mass is 19.1. The maximum absolute atomic E-state index is 12.0. The lowest BCUT2D eigenvalue weighted by Crippen LogP contribution is -2.26. The van der Waals surface area contributed by atoms with Crippen LogP contribution < -0.4 is 15.4 Å². The quantitative estimate of drug-likeness (QED) is 0.509. The fourth-order valence-electron chi connectivity index (χ4n) is 2.69. The van der Waals surface area contributed by atoms with Gasteiger partial charge in [0.25, 0.3) is 0 Å². The summed E-state index contributed by atoms with van der Waals surface area (Å²) < 4.78 is 23.3. The Labute approximate surface area is 153 Å². The van der Waals surface area contributed by atoms with E-state index in [1.807, 2.05) is 42.5 Å². The second kappa shape index (κ2) is 9.94. The number of para-hydroxylation sites is 1. The number of ether oxygens (including phenoxy) is 1. The van der Waals surface area contributed by atoms with Gasteiger partial charge in [-0.3, -0.25) is 4.39 Å². The lowest BCUT2D eigenvalue weighted by Gasteiger charge is -2.08. The molecule has 4 nitrogen and oxygen atoms in total. The van der Waals surface area contributed by atoms with Gasteiger partial charge in [-0.1, -0.05) is 30.3 Å². The number of furan rings is 1. The van der Waals surface area contributed by atoms with Gasteiger partial charge in [-0.15, -0.1) is 0 Å². The first kappa shape index (κ1) is 18.4. The molecule has 0 fully saturated rings. The van der Waals surface area contributed by atoms with Gasteiger partial charge in [-0.2, -0.15) is 0 Å². The topological polar surface area (TPSA) is 46.4 Å². The molecular formula is C21H25FN2O2. The van der Waals surface area contributed by atoms with E-state index >= 15 is 0 Å². The Morgan fingerprint density at radius 2 is 1.69 bits per heavy atom. The number of fused-ring (bicyclic) bond motifs is 1. The predicted octanol–water partition coefficient (Wildman–Crippen LogP) is 4.05. The minimum atomic E-state index is -0.341. The van der Waals surface area contributed by atoms with Crippen molar-refractivity contribution in [3.63, 3.8) is 0 Å². The van der Waals surface area contributed by atoms with Crippen LogP contribution >= 0.6 is 0 Å². The fourth-order valence-corrected chi connectivity index (χ4v) is 2.69. The Balaban J connectivity index is 1.30. The standard InChI is InChI=1S/C21H25FN2O2/c22-10-3-13-25-19-8-6-17(7-9-19)15-23-11-12-24-16-20-14-18-4-1-2-5-21(18)26-20/h1-2,4-9,14,23-24H,3,10-13,15-16H2. The first-order chi connectivity index (χ1) is 12.8. The van der Waals surface area contributed by atoms with Crippen molar-refractivity contribution in [3.8, 4) is 5.75 Å². The molecule has 5 heteroatoms. The van der Waals surface area contributed by atoms with Gasteiger partial charge in [-0.25, -0.2) is 0 Å². The summed E-state index contributed by atoms with van der Waals surface area (Å²) in [6.07, 6.45) is 0.435. The Morgan fingerprint density at radius 3 is 2.46 bits per heavy atom. The Bertz CT molecular complexity index is 753. The van der Waals surface area contributed by atoms with E-state index in [9.17, 15) is 4.39 Å².